The molecule has 0 aromatic heterocycles. The van der Waals surface area contributed by atoms with Crippen molar-refractivity contribution in [3.05, 3.63) is 35.9 Å². The Hall–Kier alpha value is -0.900. The Morgan fingerprint density at radius 2 is 1.72 bits per heavy atom. The number of hydrogen-bond acceptors (Lipinski definition) is 3. The van der Waals surface area contributed by atoms with Crippen molar-refractivity contribution in [3.8, 4) is 0 Å². The number of benzene rings is 1. The van der Waals surface area contributed by atoms with E-state index in [2.05, 4.69) is 54.2 Å². The van der Waals surface area contributed by atoms with E-state index in [1.165, 1.54) is 63.6 Å². The maximum Gasteiger partial charge on any atom is 0.0727 e. The van der Waals surface area contributed by atoms with Gasteiger partial charge in [-0.05, 0) is 76.6 Å². The lowest BCUT2D eigenvalue weighted by molar-refractivity contribution is -0.0477. The molecule has 0 amide bonds. The number of likely N-dealkylation sites (tertiary alicyclic amines) is 1. The molecule has 3 fully saturated rings. The van der Waals surface area contributed by atoms with E-state index < -0.39 is 0 Å². The molecule has 2 saturated carbocycles. The van der Waals surface area contributed by atoms with E-state index in [1.807, 2.05) is 7.11 Å². The molecule has 1 aliphatic heterocycles. The van der Waals surface area contributed by atoms with Crippen molar-refractivity contribution < 1.29 is 4.74 Å². The van der Waals surface area contributed by atoms with Gasteiger partial charge in [0.1, 0.15) is 0 Å². The summed E-state index contributed by atoms with van der Waals surface area (Å²) in [5.74, 6) is 0. The molecule has 0 N–H and O–H groups in total. The Morgan fingerprint density at radius 3 is 2.28 bits per heavy atom. The Morgan fingerprint density at radius 1 is 1.00 bits per heavy atom. The molecule has 1 aromatic rings. The van der Waals surface area contributed by atoms with Crippen LogP contribution in [0.2, 0.25) is 0 Å². The fraction of sp³-hybridized carbons (Fsp3) is 0.727. The molecule has 3 nitrogen and oxygen atoms in total. The van der Waals surface area contributed by atoms with Gasteiger partial charge in [0.2, 0.25) is 0 Å². The van der Waals surface area contributed by atoms with Crippen LogP contribution in [0.15, 0.2) is 30.3 Å². The van der Waals surface area contributed by atoms with E-state index in [-0.39, 0.29) is 5.54 Å². The van der Waals surface area contributed by atoms with Gasteiger partial charge in [0.05, 0.1) is 6.10 Å². The van der Waals surface area contributed by atoms with E-state index in [0.29, 0.717) is 17.6 Å². The molecule has 2 aliphatic carbocycles. The van der Waals surface area contributed by atoms with Crippen LogP contribution in [0.3, 0.4) is 0 Å². The molecule has 2 atom stereocenters. The molecule has 0 radical (unpaired) electrons. The third kappa shape index (κ3) is 2.94. The Kier molecular flexibility index (Phi) is 4.68. The Labute approximate surface area is 153 Å². The summed E-state index contributed by atoms with van der Waals surface area (Å²) in [5, 5.41) is 0. The zero-order valence-corrected chi connectivity index (χ0v) is 16.2. The molecular formula is C22H34N2O. The van der Waals surface area contributed by atoms with E-state index in [9.17, 15) is 0 Å². The molecule has 4 rings (SSSR count). The molecule has 138 valence electrons. The monoisotopic (exact) mass is 342 g/mol. The smallest absolute Gasteiger partial charge is 0.0727 e. The summed E-state index contributed by atoms with van der Waals surface area (Å²) in [6.07, 6.45) is 9.76. The summed E-state index contributed by atoms with van der Waals surface area (Å²) >= 11 is 0. The predicted molar refractivity (Wildman–Crippen MR) is 103 cm³/mol. The van der Waals surface area contributed by atoms with Crippen LogP contribution in [-0.4, -0.2) is 56.2 Å². The van der Waals surface area contributed by atoms with Gasteiger partial charge in [-0.3, -0.25) is 9.80 Å². The number of methoxy groups -OCH3 is 1. The van der Waals surface area contributed by atoms with E-state index >= 15 is 0 Å². The van der Waals surface area contributed by atoms with Gasteiger partial charge in [0, 0.05) is 25.2 Å². The average Bonchev–Trinajstić information content (AvgIpc) is 2.99. The summed E-state index contributed by atoms with van der Waals surface area (Å²) in [6.45, 7) is 2.58. The van der Waals surface area contributed by atoms with Crippen LogP contribution in [0.4, 0.5) is 0 Å². The van der Waals surface area contributed by atoms with Crippen LogP contribution < -0.4 is 0 Å². The topological polar surface area (TPSA) is 15.7 Å². The van der Waals surface area contributed by atoms with Crippen LogP contribution in [0.1, 0.15) is 50.5 Å². The van der Waals surface area contributed by atoms with Crippen molar-refractivity contribution in [1.29, 1.82) is 0 Å². The average molecular weight is 343 g/mol. The van der Waals surface area contributed by atoms with Crippen molar-refractivity contribution in [1.82, 2.24) is 9.80 Å². The first-order valence-corrected chi connectivity index (χ1v) is 10.1. The quantitative estimate of drug-likeness (QED) is 0.826. The first kappa shape index (κ1) is 17.5. The van der Waals surface area contributed by atoms with Crippen LogP contribution in [0.25, 0.3) is 0 Å². The molecule has 3 heteroatoms. The SMILES string of the molecule is COC1CCC1N1CCC2(CCC(c3ccccc3)(N(C)C)CC2)C1. The van der Waals surface area contributed by atoms with E-state index in [1.54, 1.807) is 0 Å². The largest absolute Gasteiger partial charge is 0.380 e. The second-order valence-corrected chi connectivity index (χ2v) is 8.93. The van der Waals surface area contributed by atoms with Crippen LogP contribution in [0, 0.1) is 5.41 Å². The van der Waals surface area contributed by atoms with Crippen LogP contribution in [0.5, 0.6) is 0 Å². The Bertz CT molecular complexity index is 575. The molecule has 1 aromatic carbocycles. The standard InChI is InChI=1S/C22H34N2O/c1-23(2)22(18-7-5-4-6-8-18)13-11-21(12-14-22)15-16-24(17-21)19-9-10-20(19)25-3/h4-8,19-20H,9-17H2,1-3H3. The van der Waals surface area contributed by atoms with Crippen molar-refractivity contribution in [3.63, 3.8) is 0 Å². The van der Waals surface area contributed by atoms with Gasteiger partial charge in [-0.15, -0.1) is 0 Å². The first-order chi connectivity index (χ1) is 12.1. The van der Waals surface area contributed by atoms with Gasteiger partial charge in [-0.1, -0.05) is 30.3 Å². The fourth-order valence-electron chi connectivity index (χ4n) is 5.74. The normalized spacial score (nSPS) is 39.0. The first-order valence-electron chi connectivity index (χ1n) is 10.1. The molecule has 3 aliphatic rings. The van der Waals surface area contributed by atoms with Crippen molar-refractivity contribution in [2.75, 3.05) is 34.3 Å². The van der Waals surface area contributed by atoms with Gasteiger partial charge in [-0.2, -0.15) is 0 Å². The summed E-state index contributed by atoms with van der Waals surface area (Å²) in [4.78, 5) is 5.23. The minimum atomic E-state index is 0.228. The third-order valence-corrected chi connectivity index (χ3v) is 7.72. The Balaban J connectivity index is 1.46. The van der Waals surface area contributed by atoms with Gasteiger partial charge in [-0.25, -0.2) is 0 Å². The number of hydrogen-bond donors (Lipinski definition) is 0. The van der Waals surface area contributed by atoms with Gasteiger partial charge < -0.3 is 4.74 Å². The number of rotatable bonds is 4. The minimum absolute atomic E-state index is 0.228. The third-order valence-electron chi connectivity index (χ3n) is 7.72. The summed E-state index contributed by atoms with van der Waals surface area (Å²) < 4.78 is 5.66. The maximum absolute atomic E-state index is 5.66. The number of ether oxygens (including phenoxy) is 1. The second kappa shape index (κ2) is 6.68. The molecule has 0 bridgehead atoms. The maximum atomic E-state index is 5.66. The molecule has 1 heterocycles. The lowest BCUT2D eigenvalue weighted by atomic mass is 9.64. The lowest BCUT2D eigenvalue weighted by Crippen LogP contribution is -2.52. The minimum Gasteiger partial charge on any atom is -0.380 e. The molecule has 25 heavy (non-hydrogen) atoms. The van der Waals surface area contributed by atoms with E-state index in [0.717, 1.165) is 0 Å². The van der Waals surface area contributed by atoms with Gasteiger partial charge in [0.15, 0.2) is 0 Å². The van der Waals surface area contributed by atoms with Crippen molar-refractivity contribution in [2.45, 2.75) is 62.6 Å². The zero-order valence-electron chi connectivity index (χ0n) is 16.2. The summed E-state index contributed by atoms with van der Waals surface area (Å²) in [6, 6.07) is 11.9. The molecule has 1 saturated heterocycles. The van der Waals surface area contributed by atoms with Crippen LogP contribution >= 0.6 is 0 Å². The molecule has 2 unspecified atom stereocenters. The molecule has 1 spiro atoms. The van der Waals surface area contributed by atoms with E-state index in [4.69, 9.17) is 4.74 Å². The summed E-state index contributed by atoms with van der Waals surface area (Å²) in [7, 11) is 6.42. The highest BCUT2D eigenvalue weighted by atomic mass is 16.5. The van der Waals surface area contributed by atoms with Gasteiger partial charge >= 0.3 is 0 Å². The summed E-state index contributed by atoms with van der Waals surface area (Å²) in [5.41, 5.74) is 2.29. The predicted octanol–water partition coefficient (Wildman–Crippen LogP) is 3.89. The van der Waals surface area contributed by atoms with Crippen LogP contribution in [-0.2, 0) is 10.3 Å². The van der Waals surface area contributed by atoms with Crippen molar-refractivity contribution >= 4 is 0 Å². The highest BCUT2D eigenvalue weighted by Gasteiger charge is 2.50. The molecular weight excluding hydrogens is 308 g/mol. The highest BCUT2D eigenvalue weighted by molar-refractivity contribution is 5.26. The number of nitrogens with zero attached hydrogens (tertiary/aromatic N) is 2. The van der Waals surface area contributed by atoms with Gasteiger partial charge in [0.25, 0.3) is 0 Å². The lowest BCUT2D eigenvalue weighted by Gasteiger charge is -2.49. The fourth-order valence-corrected chi connectivity index (χ4v) is 5.74. The second-order valence-electron chi connectivity index (χ2n) is 8.93. The van der Waals surface area contributed by atoms with Crippen molar-refractivity contribution in [2.24, 2.45) is 5.41 Å². The highest BCUT2D eigenvalue weighted by Crippen LogP contribution is 2.52. The zero-order chi connectivity index (χ0) is 17.5.